The molecule has 0 saturated carbocycles. The molecular formula is C27H22BrCl2N3O5S2. The van der Waals surface area contributed by atoms with Gasteiger partial charge in [-0.05, 0) is 79.7 Å². The van der Waals surface area contributed by atoms with Crippen molar-refractivity contribution in [1.29, 1.82) is 0 Å². The van der Waals surface area contributed by atoms with Gasteiger partial charge >= 0.3 is 0 Å². The minimum atomic E-state index is -4.08. The van der Waals surface area contributed by atoms with E-state index in [0.717, 1.165) is 14.3 Å². The second kappa shape index (κ2) is 12.2. The Balaban J connectivity index is 1.53. The molecule has 0 unspecified atom stereocenters. The van der Waals surface area contributed by atoms with Crippen LogP contribution in [-0.4, -0.2) is 29.3 Å². The number of benzene rings is 4. The normalized spacial score (nSPS) is 11.6. The number of hydrogen-bond acceptors (Lipinski definition) is 5. The molecule has 208 valence electrons. The standard InChI is InChI=1S/C27H22BrCl2N3O5S2/c1-18-5-13-23(14-6-18)40(37,38)33(21-11-7-19(28)8-12-21)17-26(34)31-20-9-15-22(16-10-20)39(35,36)32-25-4-2-3-24(29)27(25)30/h2-16,32H,17H2,1H3,(H,31,34). The van der Waals surface area contributed by atoms with Crippen molar-refractivity contribution in [2.45, 2.75) is 16.7 Å². The van der Waals surface area contributed by atoms with E-state index < -0.39 is 32.5 Å². The fraction of sp³-hybridized carbons (Fsp3) is 0.0741. The summed E-state index contributed by atoms with van der Waals surface area (Å²) in [6, 6.07) is 22.8. The van der Waals surface area contributed by atoms with Crippen LogP contribution in [0.1, 0.15) is 5.56 Å². The third-order valence-electron chi connectivity index (χ3n) is 5.66. The largest absolute Gasteiger partial charge is 0.325 e. The summed E-state index contributed by atoms with van der Waals surface area (Å²) in [5, 5.41) is 2.88. The lowest BCUT2D eigenvalue weighted by molar-refractivity contribution is -0.114. The minimum Gasteiger partial charge on any atom is -0.325 e. The number of halogens is 3. The maximum atomic E-state index is 13.5. The predicted molar refractivity (Wildman–Crippen MR) is 162 cm³/mol. The first-order chi connectivity index (χ1) is 18.9. The molecule has 2 N–H and O–H groups in total. The van der Waals surface area contributed by atoms with E-state index in [2.05, 4.69) is 26.0 Å². The van der Waals surface area contributed by atoms with Crippen molar-refractivity contribution in [1.82, 2.24) is 0 Å². The molecule has 0 heterocycles. The fourth-order valence-electron chi connectivity index (χ4n) is 3.59. The number of amides is 1. The molecule has 0 bridgehead atoms. The lowest BCUT2D eigenvalue weighted by atomic mass is 10.2. The second-order valence-electron chi connectivity index (χ2n) is 8.58. The van der Waals surface area contributed by atoms with Gasteiger partial charge in [-0.3, -0.25) is 13.8 Å². The van der Waals surface area contributed by atoms with Crippen molar-refractivity contribution in [2.24, 2.45) is 0 Å². The van der Waals surface area contributed by atoms with Crippen LogP contribution in [0.4, 0.5) is 17.1 Å². The van der Waals surface area contributed by atoms with Gasteiger partial charge in [0.2, 0.25) is 5.91 Å². The first-order valence-corrected chi connectivity index (χ1v) is 16.1. The highest BCUT2D eigenvalue weighted by molar-refractivity contribution is 9.10. The third-order valence-corrected chi connectivity index (χ3v) is 10.2. The predicted octanol–water partition coefficient (Wildman–Crippen LogP) is 6.70. The van der Waals surface area contributed by atoms with E-state index in [9.17, 15) is 21.6 Å². The van der Waals surface area contributed by atoms with Gasteiger partial charge in [0.05, 0.1) is 31.2 Å². The molecule has 13 heteroatoms. The van der Waals surface area contributed by atoms with Crippen molar-refractivity contribution in [2.75, 3.05) is 20.9 Å². The lowest BCUT2D eigenvalue weighted by Crippen LogP contribution is -2.38. The van der Waals surface area contributed by atoms with Crippen LogP contribution in [0.2, 0.25) is 10.0 Å². The van der Waals surface area contributed by atoms with Gasteiger partial charge in [-0.25, -0.2) is 16.8 Å². The molecule has 1 amide bonds. The molecule has 8 nitrogen and oxygen atoms in total. The van der Waals surface area contributed by atoms with Crippen LogP contribution in [0.15, 0.2) is 105 Å². The monoisotopic (exact) mass is 681 g/mol. The summed E-state index contributed by atoms with van der Waals surface area (Å²) >= 11 is 15.4. The zero-order valence-corrected chi connectivity index (χ0v) is 25.5. The van der Waals surface area contributed by atoms with Crippen LogP contribution in [0.5, 0.6) is 0 Å². The van der Waals surface area contributed by atoms with Gasteiger partial charge in [0.25, 0.3) is 20.0 Å². The number of aryl methyl sites for hydroxylation is 1. The van der Waals surface area contributed by atoms with Crippen molar-refractivity contribution in [3.8, 4) is 0 Å². The molecule has 0 fully saturated rings. The average molecular weight is 683 g/mol. The molecular weight excluding hydrogens is 661 g/mol. The topological polar surface area (TPSA) is 113 Å². The van der Waals surface area contributed by atoms with Gasteiger partial charge in [-0.15, -0.1) is 0 Å². The van der Waals surface area contributed by atoms with Crippen LogP contribution in [0.25, 0.3) is 0 Å². The molecule has 0 aliphatic carbocycles. The zero-order chi connectivity index (χ0) is 29.1. The third kappa shape index (κ3) is 6.97. The molecule has 0 aliphatic heterocycles. The van der Waals surface area contributed by atoms with E-state index in [-0.39, 0.29) is 31.2 Å². The molecule has 0 saturated heterocycles. The molecule has 4 aromatic rings. The van der Waals surface area contributed by atoms with Crippen molar-refractivity contribution in [3.63, 3.8) is 0 Å². The molecule has 4 aromatic carbocycles. The van der Waals surface area contributed by atoms with E-state index in [0.29, 0.717) is 5.69 Å². The molecule has 40 heavy (non-hydrogen) atoms. The van der Waals surface area contributed by atoms with Gasteiger partial charge in [-0.2, -0.15) is 0 Å². The van der Waals surface area contributed by atoms with Crippen LogP contribution < -0.4 is 14.3 Å². The quantitative estimate of drug-likeness (QED) is 0.204. The molecule has 0 radical (unpaired) electrons. The van der Waals surface area contributed by atoms with Gasteiger partial charge in [0, 0.05) is 10.2 Å². The van der Waals surface area contributed by atoms with Crippen molar-refractivity contribution in [3.05, 3.63) is 111 Å². The van der Waals surface area contributed by atoms with E-state index in [4.69, 9.17) is 23.2 Å². The highest BCUT2D eigenvalue weighted by Gasteiger charge is 2.27. The Morgan fingerprint density at radius 2 is 1.43 bits per heavy atom. The Morgan fingerprint density at radius 3 is 2.05 bits per heavy atom. The summed E-state index contributed by atoms with van der Waals surface area (Å²) in [4.78, 5) is 13.0. The Morgan fingerprint density at radius 1 is 0.825 bits per heavy atom. The summed E-state index contributed by atoms with van der Waals surface area (Å²) in [6.07, 6.45) is 0. The molecule has 0 aromatic heterocycles. The maximum Gasteiger partial charge on any atom is 0.264 e. The van der Waals surface area contributed by atoms with Gasteiger partial charge in [-0.1, -0.05) is 62.9 Å². The summed E-state index contributed by atoms with van der Waals surface area (Å²) in [5.41, 5.74) is 1.58. The lowest BCUT2D eigenvalue weighted by Gasteiger charge is -2.24. The number of nitrogens with one attached hydrogen (secondary N) is 2. The SMILES string of the molecule is Cc1ccc(S(=O)(=O)N(CC(=O)Nc2ccc(S(=O)(=O)Nc3cccc(Cl)c3Cl)cc2)c2ccc(Br)cc2)cc1. The number of nitrogens with zero attached hydrogens (tertiary/aromatic N) is 1. The molecule has 0 spiro atoms. The van der Waals surface area contributed by atoms with Crippen LogP contribution in [0.3, 0.4) is 0 Å². The summed E-state index contributed by atoms with van der Waals surface area (Å²) in [7, 11) is -8.09. The van der Waals surface area contributed by atoms with Gasteiger partial charge in [0.1, 0.15) is 6.54 Å². The van der Waals surface area contributed by atoms with E-state index in [1.54, 1.807) is 42.5 Å². The minimum absolute atomic E-state index is 0.0377. The molecule has 4 rings (SSSR count). The Kier molecular flexibility index (Phi) is 9.11. The molecule has 0 atom stereocenters. The number of rotatable bonds is 9. The van der Waals surface area contributed by atoms with E-state index in [1.165, 1.54) is 48.5 Å². The summed E-state index contributed by atoms with van der Waals surface area (Å²) in [6.45, 7) is 1.32. The average Bonchev–Trinajstić information content (AvgIpc) is 2.91. The first kappa shape index (κ1) is 29.9. The van der Waals surface area contributed by atoms with Crippen LogP contribution in [0, 0.1) is 6.92 Å². The van der Waals surface area contributed by atoms with Gasteiger partial charge < -0.3 is 5.32 Å². The maximum absolute atomic E-state index is 13.5. The first-order valence-electron chi connectivity index (χ1n) is 11.6. The second-order valence-corrected chi connectivity index (χ2v) is 13.8. The molecule has 0 aliphatic rings. The van der Waals surface area contributed by atoms with E-state index >= 15 is 0 Å². The number of hydrogen-bond donors (Lipinski definition) is 2. The summed E-state index contributed by atoms with van der Waals surface area (Å²) < 4.78 is 56.8. The zero-order valence-electron chi connectivity index (χ0n) is 20.8. The number of carbonyl (C=O) groups excluding carboxylic acids is 1. The smallest absolute Gasteiger partial charge is 0.264 e. The van der Waals surface area contributed by atoms with Crippen molar-refractivity contribution >= 4 is 82.1 Å². The fourth-order valence-corrected chi connectivity index (χ4v) is 6.76. The Bertz CT molecular complexity index is 1750. The summed E-state index contributed by atoms with van der Waals surface area (Å²) in [5.74, 6) is -0.627. The van der Waals surface area contributed by atoms with Crippen LogP contribution >= 0.6 is 39.1 Å². The number of sulfonamides is 2. The Labute approximate surface area is 251 Å². The van der Waals surface area contributed by atoms with Crippen LogP contribution in [-0.2, 0) is 24.8 Å². The van der Waals surface area contributed by atoms with Gasteiger partial charge in [0.15, 0.2) is 0 Å². The highest BCUT2D eigenvalue weighted by atomic mass is 79.9. The highest BCUT2D eigenvalue weighted by Crippen LogP contribution is 2.31. The number of carbonyl (C=O) groups is 1. The van der Waals surface area contributed by atoms with Crippen molar-refractivity contribution < 1.29 is 21.6 Å². The van der Waals surface area contributed by atoms with E-state index in [1.807, 2.05) is 6.92 Å². The number of anilines is 3. The Hall–Kier alpha value is -3.09.